The summed E-state index contributed by atoms with van der Waals surface area (Å²) in [6.45, 7) is 0. The average molecular weight is 408 g/mol. The maximum atomic E-state index is 11.2. The van der Waals surface area contributed by atoms with Gasteiger partial charge in [-0.25, -0.2) is 19.2 Å². The van der Waals surface area contributed by atoms with Crippen molar-refractivity contribution < 1.29 is 39.6 Å². The molecule has 0 aliphatic carbocycles. The van der Waals surface area contributed by atoms with Crippen molar-refractivity contribution in [3.63, 3.8) is 0 Å². The molecule has 0 aliphatic rings. The highest BCUT2D eigenvalue weighted by Gasteiger charge is 2.19. The van der Waals surface area contributed by atoms with Crippen LogP contribution in [-0.2, 0) is 0 Å². The van der Waals surface area contributed by atoms with Crippen LogP contribution in [0.25, 0.3) is 11.1 Å². The summed E-state index contributed by atoms with van der Waals surface area (Å²) in [5.41, 5.74) is -1.24. The number of carbonyl (C=O) groups is 4. The van der Waals surface area contributed by atoms with Crippen molar-refractivity contribution in [3.8, 4) is 11.1 Å². The lowest BCUT2D eigenvalue weighted by Crippen LogP contribution is -2.09. The Morgan fingerprint density at radius 3 is 0.933 bits per heavy atom. The maximum Gasteiger partial charge on any atom is 0.336 e. The monoisotopic (exact) mass is 408 g/mol. The van der Waals surface area contributed by atoms with Gasteiger partial charge in [0.25, 0.3) is 0 Å². The Morgan fingerprint density at radius 2 is 0.700 bits per heavy atom. The molecule has 0 heterocycles. The van der Waals surface area contributed by atoms with Gasteiger partial charge in [-0.05, 0) is 35.4 Å². The predicted octanol–water partition coefficient (Wildman–Crippen LogP) is 3.83. The molecule has 3 rings (SSSR count). The largest absolute Gasteiger partial charge is 0.478 e. The van der Waals surface area contributed by atoms with Gasteiger partial charge in [-0.2, -0.15) is 0 Å². The Balaban J connectivity index is 0.000000456. The van der Waals surface area contributed by atoms with E-state index in [2.05, 4.69) is 0 Å². The topological polar surface area (TPSA) is 149 Å². The Bertz CT molecular complexity index is 1000. The molecule has 152 valence electrons. The summed E-state index contributed by atoms with van der Waals surface area (Å²) >= 11 is 0. The second-order valence-corrected chi connectivity index (χ2v) is 5.90. The summed E-state index contributed by atoms with van der Waals surface area (Å²) in [6, 6.07) is 19.0. The first-order valence-corrected chi connectivity index (χ1v) is 8.44. The van der Waals surface area contributed by atoms with E-state index in [1.807, 2.05) is 36.4 Å². The zero-order valence-electron chi connectivity index (χ0n) is 15.4. The van der Waals surface area contributed by atoms with E-state index in [-0.39, 0.29) is 11.1 Å². The fraction of sp³-hybridized carbons (Fsp3) is 0. The van der Waals surface area contributed by atoms with E-state index in [4.69, 9.17) is 20.4 Å². The van der Waals surface area contributed by atoms with Crippen molar-refractivity contribution in [1.29, 1.82) is 0 Å². The Morgan fingerprint density at radius 1 is 0.433 bits per heavy atom. The molecular formula is C22H16O8. The van der Waals surface area contributed by atoms with Crippen molar-refractivity contribution >= 4 is 23.9 Å². The lowest BCUT2D eigenvalue weighted by Gasteiger charge is -2.09. The van der Waals surface area contributed by atoms with Crippen LogP contribution in [0, 0.1) is 0 Å². The first-order valence-electron chi connectivity index (χ1n) is 8.44. The number of aromatic carboxylic acids is 4. The van der Waals surface area contributed by atoms with Crippen molar-refractivity contribution in [2.24, 2.45) is 0 Å². The van der Waals surface area contributed by atoms with Gasteiger partial charge in [0, 0.05) is 0 Å². The normalized spacial score (nSPS) is 9.73. The SMILES string of the molecule is O=C(O)c1ccc(-c2ccc(C(=O)O)c(C(=O)O)c2)cc1C(=O)O.c1ccccc1. The Kier molecular flexibility index (Phi) is 7.02. The van der Waals surface area contributed by atoms with Crippen LogP contribution >= 0.6 is 0 Å². The first-order chi connectivity index (χ1) is 14.2. The van der Waals surface area contributed by atoms with Crippen molar-refractivity contribution in [2.45, 2.75) is 0 Å². The third-order valence-corrected chi connectivity index (χ3v) is 3.96. The standard InChI is InChI=1S/C16H10O8.C6H6/c17-13(18)9-3-1-7(5-11(9)15(21)22)8-2-4-10(14(19)20)12(6-8)16(23)24;1-2-4-6-5-3-1/h1-6H,(H,17,18)(H,19,20)(H,21,22)(H,23,24);1-6H. The maximum absolute atomic E-state index is 11.2. The third-order valence-electron chi connectivity index (χ3n) is 3.96. The van der Waals surface area contributed by atoms with Crippen LogP contribution in [0.4, 0.5) is 0 Å². The van der Waals surface area contributed by atoms with E-state index >= 15 is 0 Å². The molecule has 3 aromatic rings. The molecule has 0 amide bonds. The van der Waals surface area contributed by atoms with Crippen LogP contribution in [-0.4, -0.2) is 44.3 Å². The van der Waals surface area contributed by atoms with Crippen molar-refractivity contribution in [2.75, 3.05) is 0 Å². The molecule has 4 N–H and O–H groups in total. The van der Waals surface area contributed by atoms with Gasteiger partial charge in [0.15, 0.2) is 0 Å². The number of carboxylic acid groups (broad SMARTS) is 4. The highest BCUT2D eigenvalue weighted by Crippen LogP contribution is 2.25. The highest BCUT2D eigenvalue weighted by molar-refractivity contribution is 6.04. The van der Waals surface area contributed by atoms with Crippen LogP contribution in [0.3, 0.4) is 0 Å². The minimum atomic E-state index is -1.45. The third kappa shape index (κ3) is 5.29. The van der Waals surface area contributed by atoms with Crippen LogP contribution < -0.4 is 0 Å². The zero-order valence-corrected chi connectivity index (χ0v) is 15.4. The first kappa shape index (κ1) is 21.8. The van der Waals surface area contributed by atoms with Gasteiger partial charge in [0.1, 0.15) is 0 Å². The van der Waals surface area contributed by atoms with Gasteiger partial charge >= 0.3 is 23.9 Å². The molecule has 0 saturated carbocycles. The molecule has 30 heavy (non-hydrogen) atoms. The number of carboxylic acids is 4. The predicted molar refractivity (Wildman–Crippen MR) is 106 cm³/mol. The molecule has 0 atom stereocenters. The fourth-order valence-corrected chi connectivity index (χ4v) is 2.56. The molecular weight excluding hydrogens is 392 g/mol. The number of hydrogen-bond donors (Lipinski definition) is 4. The van der Waals surface area contributed by atoms with Crippen LogP contribution in [0.15, 0.2) is 72.8 Å². The van der Waals surface area contributed by atoms with E-state index in [0.29, 0.717) is 0 Å². The molecule has 0 aliphatic heterocycles. The minimum absolute atomic E-state index is 0.247. The van der Waals surface area contributed by atoms with Crippen LogP contribution in [0.5, 0.6) is 0 Å². The number of hydrogen-bond acceptors (Lipinski definition) is 4. The van der Waals surface area contributed by atoms with Gasteiger partial charge in [-0.15, -0.1) is 0 Å². The summed E-state index contributed by atoms with van der Waals surface area (Å²) in [4.78, 5) is 44.4. The van der Waals surface area contributed by atoms with Crippen LogP contribution in [0.2, 0.25) is 0 Å². The molecule has 0 fully saturated rings. The van der Waals surface area contributed by atoms with Crippen molar-refractivity contribution in [3.05, 3.63) is 95.1 Å². The average Bonchev–Trinajstić information content (AvgIpc) is 2.74. The summed E-state index contributed by atoms with van der Waals surface area (Å²) in [7, 11) is 0. The summed E-state index contributed by atoms with van der Waals surface area (Å²) < 4.78 is 0. The quantitative estimate of drug-likeness (QED) is 0.497. The summed E-state index contributed by atoms with van der Waals surface area (Å²) in [5, 5.41) is 36.2. The summed E-state index contributed by atoms with van der Waals surface area (Å²) in [5.74, 6) is -5.72. The van der Waals surface area contributed by atoms with Gasteiger partial charge in [0.2, 0.25) is 0 Å². The molecule has 0 spiro atoms. The lowest BCUT2D eigenvalue weighted by molar-refractivity contribution is 0.0651. The van der Waals surface area contributed by atoms with Gasteiger partial charge in [-0.1, -0.05) is 48.5 Å². The van der Waals surface area contributed by atoms with E-state index in [1.54, 1.807) is 0 Å². The number of rotatable bonds is 5. The zero-order chi connectivity index (χ0) is 22.3. The molecule has 8 heteroatoms. The van der Waals surface area contributed by atoms with Gasteiger partial charge in [-0.3, -0.25) is 0 Å². The molecule has 0 bridgehead atoms. The van der Waals surface area contributed by atoms with E-state index < -0.39 is 46.1 Å². The van der Waals surface area contributed by atoms with E-state index in [1.165, 1.54) is 12.1 Å². The van der Waals surface area contributed by atoms with Gasteiger partial charge < -0.3 is 20.4 Å². The molecule has 3 aromatic carbocycles. The smallest absolute Gasteiger partial charge is 0.336 e. The minimum Gasteiger partial charge on any atom is -0.478 e. The molecule has 0 aromatic heterocycles. The van der Waals surface area contributed by atoms with Crippen molar-refractivity contribution in [1.82, 2.24) is 0 Å². The Hall–Kier alpha value is -4.46. The van der Waals surface area contributed by atoms with Gasteiger partial charge in [0.05, 0.1) is 22.3 Å². The molecule has 0 radical (unpaired) electrons. The van der Waals surface area contributed by atoms with Crippen LogP contribution in [0.1, 0.15) is 41.4 Å². The fourth-order valence-electron chi connectivity index (χ4n) is 2.56. The van der Waals surface area contributed by atoms with E-state index in [0.717, 1.165) is 24.3 Å². The lowest BCUT2D eigenvalue weighted by atomic mass is 9.96. The second kappa shape index (κ2) is 9.65. The second-order valence-electron chi connectivity index (χ2n) is 5.90. The molecule has 0 unspecified atom stereocenters. The van der Waals surface area contributed by atoms with E-state index in [9.17, 15) is 19.2 Å². The highest BCUT2D eigenvalue weighted by atomic mass is 16.4. The summed E-state index contributed by atoms with van der Waals surface area (Å²) in [6.07, 6.45) is 0. The Labute approximate surface area is 170 Å². The molecule has 0 saturated heterocycles. The number of benzene rings is 3. The molecule has 8 nitrogen and oxygen atoms in total.